The smallest absolute Gasteiger partial charge is 0.289 e. The Kier molecular flexibility index (Phi) is 5.46. The minimum atomic E-state index is -0.406. The van der Waals surface area contributed by atoms with E-state index in [4.69, 9.17) is 0 Å². The van der Waals surface area contributed by atoms with E-state index >= 15 is 0 Å². The monoisotopic (exact) mass is 376 g/mol. The number of nitrogens with one attached hydrogen (secondary N) is 1. The van der Waals surface area contributed by atoms with Crippen molar-refractivity contribution >= 4 is 46.1 Å². The summed E-state index contributed by atoms with van der Waals surface area (Å²) in [5.41, 5.74) is 1.63. The van der Waals surface area contributed by atoms with Gasteiger partial charge in [0.2, 0.25) is 17.7 Å². The number of benzene rings is 1. The van der Waals surface area contributed by atoms with Gasteiger partial charge in [-0.1, -0.05) is 11.8 Å². The molecule has 8 nitrogen and oxygen atoms in total. The van der Waals surface area contributed by atoms with E-state index in [9.17, 15) is 19.2 Å². The van der Waals surface area contributed by atoms with Crippen LogP contribution in [0.5, 0.6) is 0 Å². The second-order valence-corrected chi connectivity index (χ2v) is 7.05. The number of nitrogens with zero attached hydrogens (tertiary/aromatic N) is 3. The number of rotatable bonds is 4. The van der Waals surface area contributed by atoms with Gasteiger partial charge in [-0.15, -0.1) is 0 Å². The molecule has 138 valence electrons. The molecule has 2 saturated heterocycles. The average Bonchev–Trinajstić information content (AvgIpc) is 2.94. The second-order valence-electron chi connectivity index (χ2n) is 6.12. The summed E-state index contributed by atoms with van der Waals surface area (Å²) in [5.74, 6) is -0.555. The molecule has 0 saturated carbocycles. The van der Waals surface area contributed by atoms with E-state index in [0.717, 1.165) is 35.4 Å². The number of imide groups is 1. The van der Waals surface area contributed by atoms with Crippen molar-refractivity contribution in [2.45, 2.75) is 6.92 Å². The lowest BCUT2D eigenvalue weighted by Gasteiger charge is -2.35. The minimum absolute atomic E-state index is 0.0936. The largest absolute Gasteiger partial charge is 0.368 e. The van der Waals surface area contributed by atoms with Crippen LogP contribution < -0.4 is 10.2 Å². The van der Waals surface area contributed by atoms with E-state index in [2.05, 4.69) is 10.2 Å². The Morgan fingerprint density at radius 2 is 1.73 bits per heavy atom. The number of amides is 4. The Morgan fingerprint density at radius 1 is 1.08 bits per heavy atom. The average molecular weight is 376 g/mol. The summed E-state index contributed by atoms with van der Waals surface area (Å²) in [6.45, 7) is 4.24. The zero-order valence-electron chi connectivity index (χ0n) is 14.4. The van der Waals surface area contributed by atoms with E-state index < -0.39 is 5.91 Å². The molecule has 0 aliphatic carbocycles. The predicted octanol–water partition coefficient (Wildman–Crippen LogP) is 0.989. The van der Waals surface area contributed by atoms with Crippen molar-refractivity contribution in [2.24, 2.45) is 0 Å². The lowest BCUT2D eigenvalue weighted by Crippen LogP contribution is -2.48. The van der Waals surface area contributed by atoms with Gasteiger partial charge in [-0.25, -0.2) is 0 Å². The maximum atomic E-state index is 12.0. The maximum absolute atomic E-state index is 12.0. The topological polar surface area (TPSA) is 90.0 Å². The molecule has 4 amide bonds. The van der Waals surface area contributed by atoms with Gasteiger partial charge in [0.1, 0.15) is 6.54 Å². The molecule has 0 atom stereocenters. The zero-order valence-corrected chi connectivity index (χ0v) is 15.3. The molecule has 2 fully saturated rings. The summed E-state index contributed by atoms with van der Waals surface area (Å²) < 4.78 is 0. The van der Waals surface area contributed by atoms with Gasteiger partial charge in [0.25, 0.3) is 5.24 Å². The van der Waals surface area contributed by atoms with Crippen LogP contribution in [-0.2, 0) is 14.4 Å². The Morgan fingerprint density at radius 3 is 2.27 bits per heavy atom. The lowest BCUT2D eigenvalue weighted by molar-refractivity contribution is -0.129. The minimum Gasteiger partial charge on any atom is -0.368 e. The molecule has 0 spiro atoms. The first kappa shape index (κ1) is 18.2. The highest BCUT2D eigenvalue weighted by atomic mass is 32.2. The summed E-state index contributed by atoms with van der Waals surface area (Å²) >= 11 is 0.909. The van der Waals surface area contributed by atoms with Gasteiger partial charge in [-0.05, 0) is 24.3 Å². The van der Waals surface area contributed by atoms with Gasteiger partial charge < -0.3 is 15.1 Å². The standard InChI is InChI=1S/C17H20N4O4S/c1-12(22)19-6-8-20(9-7-19)14-4-2-13(3-5-14)18-15(23)10-21-16(24)11-26-17(21)25/h2-5H,6-11H2,1H3,(H,18,23). The molecule has 2 heterocycles. The highest BCUT2D eigenvalue weighted by Crippen LogP contribution is 2.21. The van der Waals surface area contributed by atoms with Crippen LogP contribution in [0.3, 0.4) is 0 Å². The molecular weight excluding hydrogens is 356 g/mol. The molecule has 26 heavy (non-hydrogen) atoms. The highest BCUT2D eigenvalue weighted by Gasteiger charge is 2.31. The van der Waals surface area contributed by atoms with Crippen molar-refractivity contribution in [3.05, 3.63) is 24.3 Å². The SMILES string of the molecule is CC(=O)N1CCN(c2ccc(NC(=O)CN3C(=O)CSC3=O)cc2)CC1. The third-order valence-corrected chi connectivity index (χ3v) is 5.24. The van der Waals surface area contributed by atoms with Crippen molar-refractivity contribution in [1.29, 1.82) is 0 Å². The molecular formula is C17H20N4O4S. The molecule has 9 heteroatoms. The van der Waals surface area contributed by atoms with Crippen molar-refractivity contribution in [1.82, 2.24) is 9.80 Å². The number of carbonyl (C=O) groups is 4. The fourth-order valence-electron chi connectivity index (χ4n) is 2.91. The van der Waals surface area contributed by atoms with Crippen LogP contribution in [0.1, 0.15) is 6.92 Å². The van der Waals surface area contributed by atoms with Gasteiger partial charge in [-0.2, -0.15) is 0 Å². The Bertz CT molecular complexity index is 713. The normalized spacial score (nSPS) is 17.7. The van der Waals surface area contributed by atoms with E-state index in [1.165, 1.54) is 0 Å². The first-order chi connectivity index (χ1) is 12.4. The van der Waals surface area contributed by atoms with Gasteiger partial charge in [0, 0.05) is 44.5 Å². The van der Waals surface area contributed by atoms with Gasteiger partial charge in [0.05, 0.1) is 5.75 Å². The van der Waals surface area contributed by atoms with E-state index in [-0.39, 0.29) is 29.4 Å². The Balaban J connectivity index is 1.53. The lowest BCUT2D eigenvalue weighted by atomic mass is 10.2. The summed E-state index contributed by atoms with van der Waals surface area (Å²) in [5, 5.41) is 2.31. The van der Waals surface area contributed by atoms with Gasteiger partial charge in [0.15, 0.2) is 0 Å². The van der Waals surface area contributed by atoms with Crippen LogP contribution in [-0.4, -0.2) is 71.2 Å². The van der Waals surface area contributed by atoms with E-state index in [0.29, 0.717) is 18.8 Å². The first-order valence-corrected chi connectivity index (χ1v) is 9.30. The maximum Gasteiger partial charge on any atom is 0.289 e. The van der Waals surface area contributed by atoms with Crippen LogP contribution in [0.25, 0.3) is 0 Å². The number of piperazine rings is 1. The molecule has 1 aromatic rings. The third kappa shape index (κ3) is 4.16. The number of carbonyl (C=O) groups excluding carboxylic acids is 4. The van der Waals surface area contributed by atoms with Gasteiger partial charge >= 0.3 is 0 Å². The fourth-order valence-corrected chi connectivity index (χ4v) is 3.64. The molecule has 0 aromatic heterocycles. The second kappa shape index (κ2) is 7.77. The quantitative estimate of drug-likeness (QED) is 0.843. The van der Waals surface area contributed by atoms with Crippen LogP contribution in [0.15, 0.2) is 24.3 Å². The summed E-state index contributed by atoms with van der Waals surface area (Å²) in [6, 6.07) is 7.38. The zero-order chi connectivity index (χ0) is 18.7. The fraction of sp³-hybridized carbons (Fsp3) is 0.412. The summed E-state index contributed by atoms with van der Waals surface area (Å²) in [7, 11) is 0. The van der Waals surface area contributed by atoms with Crippen LogP contribution >= 0.6 is 11.8 Å². The van der Waals surface area contributed by atoms with Crippen LogP contribution in [0.2, 0.25) is 0 Å². The number of anilines is 2. The van der Waals surface area contributed by atoms with Crippen LogP contribution in [0.4, 0.5) is 16.2 Å². The molecule has 1 aromatic carbocycles. The molecule has 3 rings (SSSR count). The highest BCUT2D eigenvalue weighted by molar-refractivity contribution is 8.14. The number of thioether (sulfide) groups is 1. The van der Waals surface area contributed by atoms with Crippen molar-refractivity contribution in [2.75, 3.05) is 48.7 Å². The summed E-state index contributed by atoms with van der Waals surface area (Å²) in [4.78, 5) is 51.4. The van der Waals surface area contributed by atoms with Crippen molar-refractivity contribution in [3.63, 3.8) is 0 Å². The molecule has 0 bridgehead atoms. The molecule has 0 radical (unpaired) electrons. The van der Waals surface area contributed by atoms with Crippen molar-refractivity contribution < 1.29 is 19.2 Å². The number of hydrogen-bond acceptors (Lipinski definition) is 6. The predicted molar refractivity (Wildman–Crippen MR) is 99.1 cm³/mol. The molecule has 0 unspecified atom stereocenters. The van der Waals surface area contributed by atoms with E-state index in [1.807, 2.05) is 17.0 Å². The van der Waals surface area contributed by atoms with Crippen LogP contribution in [0, 0.1) is 0 Å². The Labute approximate surface area is 155 Å². The van der Waals surface area contributed by atoms with Gasteiger partial charge in [-0.3, -0.25) is 24.1 Å². The first-order valence-electron chi connectivity index (χ1n) is 8.31. The van der Waals surface area contributed by atoms with Crippen molar-refractivity contribution in [3.8, 4) is 0 Å². The summed E-state index contributed by atoms with van der Waals surface area (Å²) in [6.07, 6.45) is 0. The molecule has 2 aliphatic heterocycles. The van der Waals surface area contributed by atoms with E-state index in [1.54, 1.807) is 19.1 Å². The molecule has 2 aliphatic rings. The molecule has 1 N–H and O–H groups in total. The Hall–Kier alpha value is -2.55. The third-order valence-electron chi connectivity index (χ3n) is 4.38. The number of hydrogen-bond donors (Lipinski definition) is 1.